The normalized spacial score (nSPS) is 11.1. The molecule has 152 valence electrons. The van der Waals surface area contributed by atoms with Gasteiger partial charge in [-0.1, -0.05) is 40.3 Å². The fourth-order valence-electron chi connectivity index (χ4n) is 3.50. The first-order valence-electron chi connectivity index (χ1n) is 9.43. The number of hydrogen-bond donors (Lipinski definition) is 0. The highest BCUT2D eigenvalue weighted by molar-refractivity contribution is 9.08. The second kappa shape index (κ2) is 8.17. The maximum atomic E-state index is 13.3. The van der Waals surface area contributed by atoms with E-state index in [0.29, 0.717) is 15.7 Å². The molecule has 3 aromatic heterocycles. The number of thiazole rings is 1. The number of alkyl halides is 1. The highest BCUT2D eigenvalue weighted by atomic mass is 79.9. The van der Waals surface area contributed by atoms with E-state index in [9.17, 15) is 9.65 Å². The van der Waals surface area contributed by atoms with Gasteiger partial charge in [0, 0.05) is 24.1 Å². The van der Waals surface area contributed by atoms with Gasteiger partial charge in [-0.15, -0.1) is 0 Å². The lowest BCUT2D eigenvalue weighted by atomic mass is 10.1. The van der Waals surface area contributed by atoms with Gasteiger partial charge >= 0.3 is 0 Å². The van der Waals surface area contributed by atoms with Crippen LogP contribution in [0.15, 0.2) is 36.5 Å². The number of aryl methyl sites for hydroxylation is 2. The summed E-state index contributed by atoms with van der Waals surface area (Å²) in [5.74, 6) is 0.614. The first-order valence-corrected chi connectivity index (χ1v) is 11.4. The molecule has 1 aromatic carbocycles. The lowest BCUT2D eigenvalue weighted by molar-refractivity contribution is 0.628. The molecule has 30 heavy (non-hydrogen) atoms. The molecule has 0 saturated heterocycles. The number of rotatable bonds is 5. The van der Waals surface area contributed by atoms with Gasteiger partial charge in [-0.05, 0) is 48.7 Å². The van der Waals surface area contributed by atoms with Crippen LogP contribution in [0.2, 0.25) is 0 Å². The van der Waals surface area contributed by atoms with E-state index in [1.54, 1.807) is 12.1 Å². The average Bonchev–Trinajstić information content (AvgIpc) is 3.35. The van der Waals surface area contributed by atoms with Crippen LogP contribution >= 0.6 is 27.3 Å². The molecule has 0 saturated carbocycles. The Balaban J connectivity index is 1.87. The molecule has 0 aliphatic carbocycles. The number of anilines is 2. The van der Waals surface area contributed by atoms with Crippen molar-refractivity contribution in [3.8, 4) is 17.3 Å². The van der Waals surface area contributed by atoms with Crippen molar-refractivity contribution in [1.29, 1.82) is 5.26 Å². The minimum Gasteiger partial charge on any atom is -0.305 e. The third-order valence-electron chi connectivity index (χ3n) is 4.93. The molecule has 3 heterocycles. The number of fused-ring (bicyclic) bond motifs is 1. The van der Waals surface area contributed by atoms with Gasteiger partial charge in [-0.25, -0.2) is 14.4 Å². The molecule has 5 nitrogen and oxygen atoms in total. The zero-order chi connectivity index (χ0) is 21.4. The summed E-state index contributed by atoms with van der Waals surface area (Å²) in [5, 5.41) is 11.1. The largest absolute Gasteiger partial charge is 0.305 e. The first-order chi connectivity index (χ1) is 14.5. The maximum absolute atomic E-state index is 13.3. The molecule has 0 atom stereocenters. The molecular weight excluding hydrogens is 465 g/mol. The Kier molecular flexibility index (Phi) is 5.58. The van der Waals surface area contributed by atoms with Crippen molar-refractivity contribution in [2.24, 2.45) is 0 Å². The van der Waals surface area contributed by atoms with Crippen molar-refractivity contribution >= 4 is 43.9 Å². The summed E-state index contributed by atoms with van der Waals surface area (Å²) in [5.41, 5.74) is 5.41. The van der Waals surface area contributed by atoms with Gasteiger partial charge < -0.3 is 4.90 Å². The molecule has 4 rings (SSSR count). The van der Waals surface area contributed by atoms with E-state index in [4.69, 9.17) is 9.97 Å². The van der Waals surface area contributed by atoms with E-state index in [0.717, 1.165) is 45.6 Å². The van der Waals surface area contributed by atoms with E-state index in [2.05, 4.69) is 52.5 Å². The van der Waals surface area contributed by atoms with Crippen molar-refractivity contribution in [1.82, 2.24) is 14.4 Å². The highest BCUT2D eigenvalue weighted by Crippen LogP contribution is 2.37. The van der Waals surface area contributed by atoms with Crippen LogP contribution < -0.4 is 4.90 Å². The van der Waals surface area contributed by atoms with E-state index in [1.165, 1.54) is 23.5 Å². The predicted molar refractivity (Wildman–Crippen MR) is 122 cm³/mol. The van der Waals surface area contributed by atoms with E-state index >= 15 is 0 Å². The Morgan fingerprint density at radius 3 is 2.63 bits per heavy atom. The zero-order valence-corrected chi connectivity index (χ0v) is 19.2. The fraction of sp³-hybridized carbons (Fsp3) is 0.227. The molecule has 0 aliphatic heterocycles. The molecule has 8 heteroatoms. The summed E-state index contributed by atoms with van der Waals surface area (Å²) in [6, 6.07) is 10.4. The van der Waals surface area contributed by atoms with Gasteiger partial charge in [0.15, 0.2) is 5.13 Å². The monoisotopic (exact) mass is 483 g/mol. The molecule has 0 fully saturated rings. The molecule has 0 unspecified atom stereocenters. The first kappa shape index (κ1) is 20.5. The van der Waals surface area contributed by atoms with Crippen molar-refractivity contribution in [3.05, 3.63) is 64.0 Å². The van der Waals surface area contributed by atoms with Crippen molar-refractivity contribution in [2.45, 2.75) is 25.6 Å². The minimum absolute atomic E-state index is 0.318. The van der Waals surface area contributed by atoms with Crippen LogP contribution in [0.1, 0.15) is 28.6 Å². The van der Waals surface area contributed by atoms with Crippen LogP contribution in [0.5, 0.6) is 0 Å². The number of halogens is 2. The standard InChI is InChI=1S/C22H19BrFN5S/c1-4-17-21(29-12-14(10-23)9-13(2)20(29)26-17)28(3)22-27-19(18(11-25)30-22)15-5-7-16(24)8-6-15/h5-9,12H,4,10H2,1-3H3. The summed E-state index contributed by atoms with van der Waals surface area (Å²) in [6.07, 6.45) is 2.85. The Morgan fingerprint density at radius 2 is 2.00 bits per heavy atom. The lowest BCUT2D eigenvalue weighted by Crippen LogP contribution is -2.13. The predicted octanol–water partition coefficient (Wildman–Crippen LogP) is 6.00. The van der Waals surface area contributed by atoms with Crippen LogP contribution in [0, 0.1) is 24.1 Å². The highest BCUT2D eigenvalue weighted by Gasteiger charge is 2.22. The van der Waals surface area contributed by atoms with Crippen LogP contribution in [0.3, 0.4) is 0 Å². The molecule has 0 bridgehead atoms. The van der Waals surface area contributed by atoms with Gasteiger partial charge in [0.25, 0.3) is 0 Å². The molecule has 0 N–H and O–H groups in total. The van der Waals surface area contributed by atoms with Crippen LogP contribution in [-0.4, -0.2) is 21.4 Å². The number of aromatic nitrogens is 3. The van der Waals surface area contributed by atoms with Crippen LogP contribution in [0.4, 0.5) is 15.3 Å². The SMILES string of the molecule is CCc1nc2c(C)cc(CBr)cn2c1N(C)c1nc(-c2ccc(F)cc2)c(C#N)s1. The second-order valence-electron chi connectivity index (χ2n) is 6.95. The van der Waals surface area contributed by atoms with E-state index in [1.807, 2.05) is 11.9 Å². The van der Waals surface area contributed by atoms with Crippen molar-refractivity contribution in [2.75, 3.05) is 11.9 Å². The topological polar surface area (TPSA) is 57.2 Å². The van der Waals surface area contributed by atoms with E-state index < -0.39 is 0 Å². The van der Waals surface area contributed by atoms with Gasteiger partial charge in [0.2, 0.25) is 0 Å². The van der Waals surface area contributed by atoms with Crippen molar-refractivity contribution in [3.63, 3.8) is 0 Å². The zero-order valence-electron chi connectivity index (χ0n) is 16.8. The minimum atomic E-state index is -0.318. The molecule has 0 aliphatic rings. The number of nitriles is 1. The Bertz CT molecular complexity index is 1270. The number of pyridine rings is 1. The third kappa shape index (κ3) is 3.48. The summed E-state index contributed by atoms with van der Waals surface area (Å²) in [7, 11) is 1.94. The summed E-state index contributed by atoms with van der Waals surface area (Å²) in [4.78, 5) is 12.1. The Labute approximate surface area is 186 Å². The quantitative estimate of drug-likeness (QED) is 0.326. The second-order valence-corrected chi connectivity index (χ2v) is 8.48. The summed E-state index contributed by atoms with van der Waals surface area (Å²) >= 11 is 4.86. The molecule has 0 radical (unpaired) electrons. The maximum Gasteiger partial charge on any atom is 0.192 e. The smallest absolute Gasteiger partial charge is 0.192 e. The van der Waals surface area contributed by atoms with Crippen LogP contribution in [0.25, 0.3) is 16.9 Å². The number of hydrogen-bond acceptors (Lipinski definition) is 5. The summed E-state index contributed by atoms with van der Waals surface area (Å²) < 4.78 is 15.4. The van der Waals surface area contributed by atoms with Gasteiger partial charge in [0.05, 0.1) is 5.69 Å². The van der Waals surface area contributed by atoms with Crippen LogP contribution in [-0.2, 0) is 11.8 Å². The number of benzene rings is 1. The van der Waals surface area contributed by atoms with Crippen molar-refractivity contribution < 1.29 is 4.39 Å². The average molecular weight is 484 g/mol. The lowest BCUT2D eigenvalue weighted by Gasteiger charge is -2.17. The Morgan fingerprint density at radius 1 is 1.27 bits per heavy atom. The number of nitrogens with zero attached hydrogens (tertiary/aromatic N) is 5. The van der Waals surface area contributed by atoms with Gasteiger partial charge in [-0.2, -0.15) is 5.26 Å². The Hall–Kier alpha value is -2.76. The summed E-state index contributed by atoms with van der Waals surface area (Å²) in [6.45, 7) is 4.13. The van der Waals surface area contributed by atoms with Gasteiger partial charge in [-0.3, -0.25) is 4.40 Å². The third-order valence-corrected chi connectivity index (χ3v) is 6.62. The number of imidazole rings is 1. The van der Waals surface area contributed by atoms with E-state index in [-0.39, 0.29) is 5.82 Å². The molecule has 4 aromatic rings. The molecule has 0 amide bonds. The molecular formula is C22H19BrFN5S. The molecule has 0 spiro atoms. The van der Waals surface area contributed by atoms with Gasteiger partial charge in [0.1, 0.15) is 33.9 Å². The fourth-order valence-corrected chi connectivity index (χ4v) is 4.66.